The normalized spacial score (nSPS) is 13.8. The first-order valence-electron chi connectivity index (χ1n) is 29.9. The average molecular weight is 973 g/mol. The molecule has 0 aliphatic rings. The number of unbranched alkanes of at least 4 members (excludes halogenated alkanes) is 43. The Kier molecular flexibility index (Phi) is 50.1. The van der Waals surface area contributed by atoms with Crippen molar-refractivity contribution < 1.29 is 32.9 Å². The zero-order chi connectivity index (χ0) is 49.2. The summed E-state index contributed by atoms with van der Waals surface area (Å²) in [6.07, 6.45) is 60.5. The largest absolute Gasteiger partial charge is 0.472 e. The van der Waals surface area contributed by atoms with Gasteiger partial charge in [-0.25, -0.2) is 4.57 Å². The fourth-order valence-electron chi connectivity index (χ4n) is 9.40. The molecule has 9 heteroatoms. The minimum atomic E-state index is -4.31. The number of quaternary nitrogens is 1. The fraction of sp³-hybridized carbons (Fsp3) is 0.983. The number of nitrogens with one attached hydrogen (secondary N) is 1. The molecule has 1 amide bonds. The Morgan fingerprint density at radius 1 is 0.448 bits per heavy atom. The first kappa shape index (κ1) is 66.5. The van der Waals surface area contributed by atoms with Crippen molar-refractivity contribution in [3.63, 3.8) is 0 Å². The molecule has 0 spiro atoms. The molecule has 3 atom stereocenters. The molecule has 0 saturated heterocycles. The summed E-state index contributed by atoms with van der Waals surface area (Å²) in [6, 6.07) is -0.754. The zero-order valence-electron chi connectivity index (χ0n) is 45.9. The second-order valence-corrected chi connectivity index (χ2v) is 23.5. The monoisotopic (exact) mass is 972 g/mol. The van der Waals surface area contributed by atoms with Gasteiger partial charge >= 0.3 is 7.82 Å². The molecule has 8 nitrogen and oxygen atoms in total. The van der Waals surface area contributed by atoms with Crippen LogP contribution in [0, 0.1) is 0 Å². The highest BCUT2D eigenvalue weighted by atomic mass is 31.2. The molecule has 0 rings (SSSR count). The van der Waals surface area contributed by atoms with E-state index in [1.807, 2.05) is 21.1 Å². The maximum atomic E-state index is 13.0. The average Bonchev–Trinajstić information content (AvgIpc) is 3.29. The predicted molar refractivity (Wildman–Crippen MR) is 291 cm³/mol. The van der Waals surface area contributed by atoms with Crippen molar-refractivity contribution >= 4 is 13.7 Å². The van der Waals surface area contributed by atoms with E-state index in [0.717, 1.165) is 38.5 Å². The summed E-state index contributed by atoms with van der Waals surface area (Å²) < 4.78 is 23.7. The van der Waals surface area contributed by atoms with Gasteiger partial charge in [0.25, 0.3) is 0 Å². The van der Waals surface area contributed by atoms with Crippen LogP contribution in [0.4, 0.5) is 0 Å². The van der Waals surface area contributed by atoms with E-state index in [0.29, 0.717) is 23.9 Å². The van der Waals surface area contributed by atoms with E-state index in [1.165, 1.54) is 250 Å². The molecule has 0 aromatic carbocycles. The summed E-state index contributed by atoms with van der Waals surface area (Å²) in [5.41, 5.74) is 0. The van der Waals surface area contributed by atoms with Gasteiger partial charge in [0, 0.05) is 6.42 Å². The number of carbonyl (C=O) groups excluding carboxylic acids is 1. The second-order valence-electron chi connectivity index (χ2n) is 22.1. The van der Waals surface area contributed by atoms with E-state index in [4.69, 9.17) is 9.05 Å². The van der Waals surface area contributed by atoms with Gasteiger partial charge in [0.05, 0.1) is 39.9 Å². The van der Waals surface area contributed by atoms with Gasteiger partial charge in [-0.3, -0.25) is 13.8 Å². The van der Waals surface area contributed by atoms with E-state index >= 15 is 0 Å². The van der Waals surface area contributed by atoms with Crippen molar-refractivity contribution in [2.45, 2.75) is 328 Å². The molecule has 67 heavy (non-hydrogen) atoms. The molecular formula is C58H120N2O6P+. The second kappa shape index (κ2) is 50.4. The minimum Gasteiger partial charge on any atom is -0.391 e. The highest BCUT2D eigenvalue weighted by molar-refractivity contribution is 7.47. The van der Waals surface area contributed by atoms with Crippen LogP contribution in [0.25, 0.3) is 0 Å². The fourth-order valence-corrected chi connectivity index (χ4v) is 10.1. The SMILES string of the molecule is CCCCCCCCCCCCCCCCCCCCCCCCCCCCCCCCCCCC(=O)N[C@@H](COP(=O)(O)OCC[N+](C)(C)C)[C@H](O)CCCCCCCCCCCCCC. The van der Waals surface area contributed by atoms with Crippen LogP contribution in [0.1, 0.15) is 316 Å². The van der Waals surface area contributed by atoms with Crippen molar-refractivity contribution in [3.05, 3.63) is 0 Å². The number of hydrogen-bond donors (Lipinski definition) is 3. The van der Waals surface area contributed by atoms with Gasteiger partial charge < -0.3 is 19.8 Å². The molecule has 1 unspecified atom stereocenters. The van der Waals surface area contributed by atoms with Crippen LogP contribution in [-0.2, 0) is 18.4 Å². The molecule has 0 aliphatic carbocycles. The summed E-state index contributed by atoms with van der Waals surface area (Å²) in [7, 11) is 1.63. The topological polar surface area (TPSA) is 105 Å². The minimum absolute atomic E-state index is 0.0788. The van der Waals surface area contributed by atoms with Gasteiger partial charge in [0.2, 0.25) is 5.91 Å². The third-order valence-electron chi connectivity index (χ3n) is 14.1. The van der Waals surface area contributed by atoms with Gasteiger partial charge in [-0.1, -0.05) is 296 Å². The quantitative estimate of drug-likeness (QED) is 0.0319. The summed E-state index contributed by atoms with van der Waals surface area (Å²) in [5, 5.41) is 14.0. The maximum Gasteiger partial charge on any atom is 0.472 e. The van der Waals surface area contributed by atoms with Gasteiger partial charge in [0.1, 0.15) is 13.2 Å². The molecular weight excluding hydrogens is 852 g/mol. The lowest BCUT2D eigenvalue weighted by Gasteiger charge is -2.26. The number of phosphoric ester groups is 1. The first-order chi connectivity index (χ1) is 32.5. The van der Waals surface area contributed by atoms with Crippen LogP contribution in [0.5, 0.6) is 0 Å². The highest BCUT2D eigenvalue weighted by Crippen LogP contribution is 2.43. The van der Waals surface area contributed by atoms with Crippen LogP contribution in [0.15, 0.2) is 0 Å². The van der Waals surface area contributed by atoms with Gasteiger partial charge in [0.15, 0.2) is 0 Å². The van der Waals surface area contributed by atoms with E-state index in [9.17, 15) is 19.4 Å². The van der Waals surface area contributed by atoms with Crippen LogP contribution in [0.2, 0.25) is 0 Å². The van der Waals surface area contributed by atoms with Crippen LogP contribution in [-0.4, -0.2) is 73.4 Å². The molecule has 0 radical (unpaired) electrons. The van der Waals surface area contributed by atoms with E-state index in [1.54, 1.807) is 0 Å². The van der Waals surface area contributed by atoms with Crippen LogP contribution >= 0.6 is 7.82 Å². The standard InChI is InChI=1S/C58H119N2O6P/c1-6-8-10-12-14-16-18-20-21-22-23-24-25-26-27-28-29-30-31-32-33-34-35-36-37-38-39-40-42-44-46-48-50-52-58(62)59-56(55-66-67(63,64)65-54-53-60(3,4)5)57(61)51-49-47-45-43-41-19-17-15-13-11-9-7-2/h56-57,61H,6-55H2,1-5H3,(H-,59,62,63,64)/p+1/t56-,57+/m0/s1. The number of amides is 1. The summed E-state index contributed by atoms with van der Waals surface area (Å²) >= 11 is 0. The number of aliphatic hydroxyl groups is 1. The Morgan fingerprint density at radius 3 is 1.00 bits per heavy atom. The number of carbonyl (C=O) groups is 1. The third-order valence-corrected chi connectivity index (χ3v) is 15.1. The Balaban J connectivity index is 3.89. The van der Waals surface area contributed by atoms with Crippen molar-refractivity contribution in [3.8, 4) is 0 Å². The summed E-state index contributed by atoms with van der Waals surface area (Å²) in [4.78, 5) is 23.3. The van der Waals surface area contributed by atoms with Crippen molar-refractivity contribution in [2.24, 2.45) is 0 Å². The van der Waals surface area contributed by atoms with Crippen molar-refractivity contribution in [1.29, 1.82) is 0 Å². The molecule has 0 aromatic rings. The number of aliphatic hydroxyl groups excluding tert-OH is 1. The Bertz CT molecular complexity index is 1060. The zero-order valence-corrected chi connectivity index (χ0v) is 46.8. The number of hydrogen-bond acceptors (Lipinski definition) is 5. The van der Waals surface area contributed by atoms with Gasteiger partial charge in [-0.2, -0.15) is 0 Å². The number of likely N-dealkylation sites (N-methyl/N-ethyl adjacent to an activating group) is 1. The predicted octanol–water partition coefficient (Wildman–Crippen LogP) is 18.0. The Morgan fingerprint density at radius 2 is 0.716 bits per heavy atom. The number of nitrogens with zero attached hydrogens (tertiary/aromatic N) is 1. The Hall–Kier alpha value is -0.500. The third kappa shape index (κ3) is 53.1. The van der Waals surface area contributed by atoms with E-state index < -0.39 is 20.0 Å². The van der Waals surface area contributed by atoms with E-state index in [2.05, 4.69) is 19.2 Å². The molecule has 0 saturated carbocycles. The van der Waals surface area contributed by atoms with Crippen molar-refractivity contribution in [2.75, 3.05) is 40.9 Å². The number of rotatable bonds is 56. The summed E-state index contributed by atoms with van der Waals surface area (Å²) in [5.74, 6) is -0.137. The molecule has 3 N–H and O–H groups in total. The van der Waals surface area contributed by atoms with Gasteiger partial charge in [-0.05, 0) is 12.8 Å². The molecule has 402 valence electrons. The molecule has 0 bridgehead atoms. The Labute approximate surface area is 419 Å². The lowest BCUT2D eigenvalue weighted by Crippen LogP contribution is -2.46. The lowest BCUT2D eigenvalue weighted by atomic mass is 10.0. The number of phosphoric acid groups is 1. The maximum absolute atomic E-state index is 13.0. The molecule has 0 fully saturated rings. The summed E-state index contributed by atoms with van der Waals surface area (Å²) in [6.45, 7) is 4.93. The van der Waals surface area contributed by atoms with Crippen LogP contribution in [0.3, 0.4) is 0 Å². The smallest absolute Gasteiger partial charge is 0.391 e. The lowest BCUT2D eigenvalue weighted by molar-refractivity contribution is -0.870. The van der Waals surface area contributed by atoms with Crippen molar-refractivity contribution in [1.82, 2.24) is 5.32 Å². The van der Waals surface area contributed by atoms with E-state index in [-0.39, 0.29) is 19.1 Å². The van der Waals surface area contributed by atoms with Crippen LogP contribution < -0.4 is 5.32 Å². The molecule has 0 aromatic heterocycles. The van der Waals surface area contributed by atoms with Gasteiger partial charge in [-0.15, -0.1) is 0 Å². The first-order valence-corrected chi connectivity index (χ1v) is 31.4. The molecule has 0 heterocycles. The molecule has 0 aliphatic heterocycles. The highest BCUT2D eigenvalue weighted by Gasteiger charge is 2.28.